The van der Waals surface area contributed by atoms with E-state index in [2.05, 4.69) is 22.0 Å². The lowest BCUT2D eigenvalue weighted by molar-refractivity contribution is -0.00112. The Labute approximate surface area is 244 Å². The summed E-state index contributed by atoms with van der Waals surface area (Å²) < 4.78 is 37.1. The molecular formula is C31H35FN3O6P. The Kier molecular flexibility index (Phi) is 7.83. The highest BCUT2D eigenvalue weighted by molar-refractivity contribution is 7.60. The zero-order valence-electron chi connectivity index (χ0n) is 23.5. The summed E-state index contributed by atoms with van der Waals surface area (Å²) in [6, 6.07) is 13.3. The van der Waals surface area contributed by atoms with Crippen LogP contribution in [-0.2, 0) is 15.8 Å². The molecule has 2 aromatic carbocycles. The number of amides is 1. The number of ether oxygens (including phenoxy) is 2. The zero-order chi connectivity index (χ0) is 29.5. The van der Waals surface area contributed by atoms with Crippen LogP contribution in [-0.4, -0.2) is 57.6 Å². The third-order valence-corrected chi connectivity index (χ3v) is 9.68. The van der Waals surface area contributed by atoms with Gasteiger partial charge in [0.15, 0.2) is 0 Å². The van der Waals surface area contributed by atoms with Crippen LogP contribution in [0.3, 0.4) is 0 Å². The first-order chi connectivity index (χ1) is 20.1. The van der Waals surface area contributed by atoms with Crippen LogP contribution in [0, 0.1) is 5.82 Å². The molecule has 9 nitrogen and oxygen atoms in total. The molecule has 2 saturated heterocycles. The van der Waals surface area contributed by atoms with E-state index in [1.165, 1.54) is 36.4 Å². The molecule has 1 aromatic heterocycles. The van der Waals surface area contributed by atoms with Crippen molar-refractivity contribution in [3.05, 3.63) is 71.7 Å². The summed E-state index contributed by atoms with van der Waals surface area (Å²) >= 11 is 0. The van der Waals surface area contributed by atoms with Crippen molar-refractivity contribution in [3.63, 3.8) is 0 Å². The van der Waals surface area contributed by atoms with Crippen molar-refractivity contribution in [2.45, 2.75) is 57.1 Å². The second-order valence-corrected chi connectivity index (χ2v) is 13.0. The molecule has 3 aliphatic rings. The van der Waals surface area contributed by atoms with Gasteiger partial charge in [-0.15, -0.1) is 0 Å². The first-order valence-electron chi connectivity index (χ1n) is 14.4. The molecule has 0 bridgehead atoms. The minimum atomic E-state index is -4.36. The van der Waals surface area contributed by atoms with Crippen LogP contribution in [0.2, 0.25) is 0 Å². The predicted octanol–water partition coefficient (Wildman–Crippen LogP) is 5.35. The van der Waals surface area contributed by atoms with Crippen LogP contribution in [0.5, 0.6) is 5.75 Å². The molecule has 2 aliphatic heterocycles. The van der Waals surface area contributed by atoms with Gasteiger partial charge >= 0.3 is 13.7 Å². The summed E-state index contributed by atoms with van der Waals surface area (Å²) in [5.74, 6) is 0.895. The van der Waals surface area contributed by atoms with Crippen LogP contribution in [0.4, 0.5) is 14.9 Å². The lowest BCUT2D eigenvalue weighted by Crippen LogP contribution is -2.46. The van der Waals surface area contributed by atoms with Crippen molar-refractivity contribution >= 4 is 24.7 Å². The standard InChI is InChI=1S/C31H35FN3O6P/c1-2-40-29-17-27(28-11-6-23(32)18-33-28)26(21-4-3-5-21)16-22(29)19-34-14-12-31(13-15-34)20-35(30(36)41-31)24-7-9-25(10-8-24)42(37,38)39/h6-11,16-18,21H,2-5,12-15,19-20H2,1H3,(H2,37,38,39). The summed E-state index contributed by atoms with van der Waals surface area (Å²) in [6.07, 6.45) is 5.60. The molecule has 2 N–H and O–H groups in total. The minimum absolute atomic E-state index is 0.0873. The molecule has 6 rings (SSSR count). The number of piperidine rings is 1. The topological polar surface area (TPSA) is 112 Å². The number of carbonyl (C=O) groups is 1. The molecule has 42 heavy (non-hydrogen) atoms. The number of aromatic nitrogens is 1. The van der Waals surface area contributed by atoms with Gasteiger partial charge in [-0.2, -0.15) is 0 Å². The summed E-state index contributed by atoms with van der Waals surface area (Å²) in [7, 11) is -4.36. The number of likely N-dealkylation sites (tertiary alicyclic amines) is 1. The van der Waals surface area contributed by atoms with E-state index < -0.39 is 19.3 Å². The molecule has 1 spiro atoms. The second kappa shape index (κ2) is 11.4. The van der Waals surface area contributed by atoms with Gasteiger partial charge in [0.1, 0.15) is 17.2 Å². The number of benzene rings is 2. The quantitative estimate of drug-likeness (QED) is 0.336. The number of anilines is 1. The summed E-state index contributed by atoms with van der Waals surface area (Å²) in [4.78, 5) is 39.8. The van der Waals surface area contributed by atoms with Crippen molar-refractivity contribution in [1.82, 2.24) is 9.88 Å². The SMILES string of the molecule is CCOc1cc(-c2ccc(F)cn2)c(C2CCC2)cc1CN1CCC2(CC1)CN(c1ccc(P(=O)(O)O)cc1)C(=O)O2. The van der Waals surface area contributed by atoms with Gasteiger partial charge in [-0.25, -0.2) is 9.18 Å². The Hall–Kier alpha value is -3.30. The van der Waals surface area contributed by atoms with Crippen molar-refractivity contribution in [2.24, 2.45) is 0 Å². The molecule has 0 unspecified atom stereocenters. The van der Waals surface area contributed by atoms with Gasteiger partial charge in [-0.1, -0.05) is 6.42 Å². The van der Waals surface area contributed by atoms with Gasteiger partial charge in [0.25, 0.3) is 0 Å². The molecule has 3 aromatic rings. The van der Waals surface area contributed by atoms with Gasteiger partial charge in [0, 0.05) is 49.3 Å². The average molecular weight is 596 g/mol. The number of carbonyl (C=O) groups excluding carboxylic acids is 1. The van der Waals surface area contributed by atoms with Crippen molar-refractivity contribution < 1.29 is 33.0 Å². The van der Waals surface area contributed by atoms with Crippen molar-refractivity contribution in [1.29, 1.82) is 0 Å². The lowest BCUT2D eigenvalue weighted by atomic mass is 9.77. The van der Waals surface area contributed by atoms with Crippen LogP contribution < -0.4 is 14.9 Å². The van der Waals surface area contributed by atoms with Gasteiger partial charge in [0.05, 0.1) is 30.3 Å². The van der Waals surface area contributed by atoms with Crippen LogP contribution in [0.15, 0.2) is 54.7 Å². The second-order valence-electron chi connectivity index (χ2n) is 11.4. The van der Waals surface area contributed by atoms with Crippen LogP contribution >= 0.6 is 7.60 Å². The van der Waals surface area contributed by atoms with Crippen molar-refractivity contribution in [2.75, 3.05) is 31.1 Å². The van der Waals surface area contributed by atoms with Gasteiger partial charge in [-0.05, 0) is 79.8 Å². The predicted molar refractivity (Wildman–Crippen MR) is 157 cm³/mol. The Bertz CT molecular complexity index is 1500. The van der Waals surface area contributed by atoms with E-state index in [0.717, 1.165) is 48.5 Å². The highest BCUT2D eigenvalue weighted by atomic mass is 31.2. The van der Waals surface area contributed by atoms with E-state index in [-0.39, 0.29) is 11.1 Å². The maximum Gasteiger partial charge on any atom is 0.415 e. The van der Waals surface area contributed by atoms with E-state index >= 15 is 0 Å². The molecule has 0 radical (unpaired) electrons. The fourth-order valence-corrected chi connectivity index (χ4v) is 6.68. The molecule has 3 heterocycles. The first kappa shape index (κ1) is 28.8. The minimum Gasteiger partial charge on any atom is -0.494 e. The average Bonchev–Trinajstić information content (AvgIpc) is 3.26. The fourth-order valence-electron chi connectivity index (χ4n) is 6.14. The molecule has 222 valence electrons. The summed E-state index contributed by atoms with van der Waals surface area (Å²) in [5, 5.41) is -0.0873. The van der Waals surface area contributed by atoms with Crippen LogP contribution in [0.25, 0.3) is 11.3 Å². The summed E-state index contributed by atoms with van der Waals surface area (Å²) in [5.41, 5.74) is 4.03. The third kappa shape index (κ3) is 5.81. The maximum atomic E-state index is 13.6. The zero-order valence-corrected chi connectivity index (χ0v) is 24.4. The Morgan fingerprint density at radius 2 is 1.86 bits per heavy atom. The monoisotopic (exact) mass is 595 g/mol. The number of hydrogen-bond donors (Lipinski definition) is 2. The Morgan fingerprint density at radius 3 is 2.45 bits per heavy atom. The van der Waals surface area contributed by atoms with Crippen molar-refractivity contribution in [3.8, 4) is 17.0 Å². The van der Waals surface area contributed by atoms with Gasteiger partial charge in [-0.3, -0.25) is 19.3 Å². The van der Waals surface area contributed by atoms with E-state index in [4.69, 9.17) is 9.47 Å². The van der Waals surface area contributed by atoms with E-state index in [9.17, 15) is 23.5 Å². The fraction of sp³-hybridized carbons (Fsp3) is 0.419. The van der Waals surface area contributed by atoms with Gasteiger partial charge in [0.2, 0.25) is 0 Å². The molecular weight excluding hydrogens is 560 g/mol. The number of hydrogen-bond acceptors (Lipinski definition) is 6. The van der Waals surface area contributed by atoms with E-state index in [0.29, 0.717) is 44.1 Å². The van der Waals surface area contributed by atoms with Gasteiger partial charge < -0.3 is 19.3 Å². The Morgan fingerprint density at radius 1 is 1.12 bits per heavy atom. The Balaban J connectivity index is 1.17. The highest BCUT2D eigenvalue weighted by Gasteiger charge is 2.47. The lowest BCUT2D eigenvalue weighted by Gasteiger charge is -2.38. The molecule has 1 saturated carbocycles. The smallest absolute Gasteiger partial charge is 0.415 e. The molecule has 11 heteroatoms. The van der Waals surface area contributed by atoms with E-state index in [1.807, 2.05) is 6.92 Å². The normalized spacial score (nSPS) is 19.1. The highest BCUT2D eigenvalue weighted by Crippen LogP contribution is 2.44. The number of pyridine rings is 1. The molecule has 0 atom stereocenters. The third-order valence-electron chi connectivity index (χ3n) is 8.71. The number of halogens is 1. The molecule has 1 amide bonds. The first-order valence-corrected chi connectivity index (χ1v) is 16.1. The largest absolute Gasteiger partial charge is 0.494 e. The maximum absolute atomic E-state index is 13.6. The summed E-state index contributed by atoms with van der Waals surface area (Å²) in [6.45, 7) is 5.06. The number of rotatable bonds is 8. The van der Waals surface area contributed by atoms with E-state index in [1.54, 1.807) is 23.1 Å². The molecule has 1 aliphatic carbocycles. The van der Waals surface area contributed by atoms with Crippen LogP contribution in [0.1, 0.15) is 56.1 Å². The molecule has 3 fully saturated rings. The number of nitrogens with zero attached hydrogens (tertiary/aromatic N) is 3.